The van der Waals surface area contributed by atoms with E-state index in [0.717, 1.165) is 10.2 Å². The highest BCUT2D eigenvalue weighted by Gasteiger charge is 2.15. The first-order valence-corrected chi connectivity index (χ1v) is 6.98. The van der Waals surface area contributed by atoms with Crippen LogP contribution in [0, 0.1) is 0 Å². The zero-order valence-corrected chi connectivity index (χ0v) is 12.2. The summed E-state index contributed by atoms with van der Waals surface area (Å²) in [6, 6.07) is 5.16. The average molecular weight is 341 g/mol. The SMILES string of the molecule is OB(O)c1ccc(N(CCCl)CCCl)c(Br)c1. The molecule has 0 heterocycles. The lowest BCUT2D eigenvalue weighted by molar-refractivity contribution is 0.426. The lowest BCUT2D eigenvalue weighted by Gasteiger charge is -2.24. The van der Waals surface area contributed by atoms with Gasteiger partial charge in [-0.15, -0.1) is 23.2 Å². The fourth-order valence-corrected chi connectivity index (χ4v) is 2.55. The van der Waals surface area contributed by atoms with Crippen molar-refractivity contribution < 1.29 is 10.0 Å². The zero-order valence-electron chi connectivity index (χ0n) is 9.11. The first kappa shape index (κ1) is 15.1. The number of alkyl halides is 2. The van der Waals surface area contributed by atoms with Gasteiger partial charge >= 0.3 is 7.12 Å². The summed E-state index contributed by atoms with van der Waals surface area (Å²) in [6.07, 6.45) is 0. The second kappa shape index (κ2) is 7.49. The second-order valence-corrected chi connectivity index (χ2v) is 5.06. The summed E-state index contributed by atoms with van der Waals surface area (Å²) in [7, 11) is -1.46. The minimum absolute atomic E-state index is 0.442. The Bertz CT molecular complexity index is 362. The summed E-state index contributed by atoms with van der Waals surface area (Å²) in [6.45, 7) is 1.38. The largest absolute Gasteiger partial charge is 0.488 e. The van der Waals surface area contributed by atoms with Gasteiger partial charge in [-0.3, -0.25) is 0 Å². The molecule has 1 rings (SSSR count). The van der Waals surface area contributed by atoms with Crippen LogP contribution in [0.5, 0.6) is 0 Å². The summed E-state index contributed by atoms with van der Waals surface area (Å²) >= 11 is 14.9. The molecule has 0 unspecified atom stereocenters. The molecule has 17 heavy (non-hydrogen) atoms. The molecule has 0 aromatic heterocycles. The summed E-state index contributed by atoms with van der Waals surface area (Å²) in [5, 5.41) is 18.1. The van der Waals surface area contributed by atoms with Crippen LogP contribution in [0.2, 0.25) is 0 Å². The van der Waals surface area contributed by atoms with Gasteiger partial charge in [0.2, 0.25) is 0 Å². The molecule has 0 aliphatic heterocycles. The van der Waals surface area contributed by atoms with Crippen molar-refractivity contribution in [3.63, 3.8) is 0 Å². The van der Waals surface area contributed by atoms with Gasteiger partial charge in [-0.1, -0.05) is 6.07 Å². The molecule has 0 radical (unpaired) electrons. The number of benzene rings is 1. The van der Waals surface area contributed by atoms with Gasteiger partial charge in [-0.2, -0.15) is 0 Å². The Morgan fingerprint density at radius 3 is 2.18 bits per heavy atom. The van der Waals surface area contributed by atoms with E-state index in [-0.39, 0.29) is 0 Å². The van der Waals surface area contributed by atoms with Gasteiger partial charge in [0.15, 0.2) is 0 Å². The van der Waals surface area contributed by atoms with Crippen molar-refractivity contribution in [1.82, 2.24) is 0 Å². The fraction of sp³-hybridized carbons (Fsp3) is 0.400. The monoisotopic (exact) mass is 339 g/mol. The molecule has 0 aliphatic carbocycles. The molecule has 1 aromatic rings. The Kier molecular flexibility index (Phi) is 6.66. The number of halogens is 3. The van der Waals surface area contributed by atoms with E-state index in [1.807, 2.05) is 11.0 Å². The van der Waals surface area contributed by atoms with Crippen molar-refractivity contribution in [2.24, 2.45) is 0 Å². The average Bonchev–Trinajstić information content (AvgIpc) is 2.28. The number of rotatable bonds is 6. The molecule has 0 amide bonds. The van der Waals surface area contributed by atoms with E-state index in [9.17, 15) is 0 Å². The minimum atomic E-state index is -1.46. The van der Waals surface area contributed by atoms with Crippen LogP contribution in [0.1, 0.15) is 0 Å². The van der Waals surface area contributed by atoms with Crippen LogP contribution >= 0.6 is 39.1 Å². The van der Waals surface area contributed by atoms with Crippen molar-refractivity contribution in [3.8, 4) is 0 Å². The predicted octanol–water partition coefficient (Wildman–Crippen LogP) is 1.41. The smallest absolute Gasteiger partial charge is 0.423 e. The highest BCUT2D eigenvalue weighted by Crippen LogP contribution is 2.25. The molecule has 0 saturated carbocycles. The Hall–Kier alpha value is 0.0649. The summed E-state index contributed by atoms with van der Waals surface area (Å²) in [4.78, 5) is 2.04. The number of anilines is 1. The van der Waals surface area contributed by atoms with E-state index < -0.39 is 7.12 Å². The van der Waals surface area contributed by atoms with Crippen molar-refractivity contribution in [3.05, 3.63) is 22.7 Å². The molecule has 7 heteroatoms. The Morgan fingerprint density at radius 2 is 1.76 bits per heavy atom. The third kappa shape index (κ3) is 4.34. The van der Waals surface area contributed by atoms with Crippen molar-refractivity contribution in [1.29, 1.82) is 0 Å². The lowest BCUT2D eigenvalue weighted by atomic mass is 9.80. The highest BCUT2D eigenvalue weighted by atomic mass is 79.9. The van der Waals surface area contributed by atoms with Crippen molar-refractivity contribution in [2.45, 2.75) is 0 Å². The highest BCUT2D eigenvalue weighted by molar-refractivity contribution is 9.10. The van der Waals surface area contributed by atoms with Crippen LogP contribution in [-0.2, 0) is 0 Å². The van der Waals surface area contributed by atoms with Crippen LogP contribution < -0.4 is 10.4 Å². The number of hydrogen-bond acceptors (Lipinski definition) is 3. The van der Waals surface area contributed by atoms with Gasteiger partial charge < -0.3 is 14.9 Å². The first-order chi connectivity index (χ1) is 8.10. The van der Waals surface area contributed by atoms with E-state index in [0.29, 0.717) is 30.3 Å². The number of nitrogens with zero attached hydrogens (tertiary/aromatic N) is 1. The summed E-state index contributed by atoms with van der Waals surface area (Å²) in [5.74, 6) is 1.02. The minimum Gasteiger partial charge on any atom is -0.423 e. The zero-order chi connectivity index (χ0) is 12.8. The quantitative estimate of drug-likeness (QED) is 0.608. The molecule has 2 N–H and O–H groups in total. The first-order valence-electron chi connectivity index (χ1n) is 5.12. The van der Waals surface area contributed by atoms with E-state index in [4.69, 9.17) is 33.2 Å². The summed E-state index contributed by atoms with van der Waals surface area (Å²) < 4.78 is 0.790. The molecule has 0 bridgehead atoms. The maximum Gasteiger partial charge on any atom is 0.488 e. The predicted molar refractivity (Wildman–Crippen MR) is 77.6 cm³/mol. The fourth-order valence-electron chi connectivity index (χ4n) is 1.50. The molecular formula is C10H13BBrCl2NO2. The molecule has 0 saturated heterocycles. The van der Waals surface area contributed by atoms with Gasteiger partial charge in [0.1, 0.15) is 0 Å². The Morgan fingerprint density at radius 1 is 1.18 bits per heavy atom. The molecule has 0 fully saturated rings. The van der Waals surface area contributed by atoms with Crippen LogP contribution in [-0.4, -0.2) is 42.0 Å². The van der Waals surface area contributed by atoms with Gasteiger partial charge in [0.05, 0.1) is 5.69 Å². The van der Waals surface area contributed by atoms with Gasteiger partial charge in [-0.05, 0) is 33.5 Å². The van der Waals surface area contributed by atoms with Crippen molar-refractivity contribution >= 4 is 57.4 Å². The van der Waals surface area contributed by atoms with Gasteiger partial charge in [0.25, 0.3) is 0 Å². The van der Waals surface area contributed by atoms with Crippen LogP contribution in [0.4, 0.5) is 5.69 Å². The Balaban J connectivity index is 2.95. The molecule has 3 nitrogen and oxygen atoms in total. The lowest BCUT2D eigenvalue weighted by Crippen LogP contribution is -2.32. The molecule has 0 spiro atoms. The number of hydrogen-bond donors (Lipinski definition) is 2. The normalized spacial score (nSPS) is 10.4. The van der Waals surface area contributed by atoms with Crippen molar-refractivity contribution in [2.75, 3.05) is 29.7 Å². The maximum atomic E-state index is 9.06. The van der Waals surface area contributed by atoms with Gasteiger partial charge in [0, 0.05) is 29.3 Å². The molecule has 0 atom stereocenters. The molecule has 0 aliphatic rings. The molecular weight excluding hydrogens is 328 g/mol. The third-order valence-corrected chi connectivity index (χ3v) is 3.29. The van der Waals surface area contributed by atoms with Crippen LogP contribution in [0.15, 0.2) is 22.7 Å². The molecule has 94 valence electrons. The van der Waals surface area contributed by atoms with E-state index in [2.05, 4.69) is 15.9 Å². The summed E-state index contributed by atoms with van der Waals surface area (Å²) in [5.41, 5.74) is 1.38. The third-order valence-electron chi connectivity index (χ3n) is 2.32. The van der Waals surface area contributed by atoms with E-state index in [1.54, 1.807) is 12.1 Å². The molecule has 1 aromatic carbocycles. The topological polar surface area (TPSA) is 43.7 Å². The van der Waals surface area contributed by atoms with E-state index in [1.165, 1.54) is 0 Å². The second-order valence-electron chi connectivity index (χ2n) is 3.45. The Labute approximate surface area is 120 Å². The van der Waals surface area contributed by atoms with E-state index >= 15 is 0 Å². The van der Waals surface area contributed by atoms with Gasteiger partial charge in [-0.25, -0.2) is 0 Å². The van der Waals surface area contributed by atoms with Crippen LogP contribution in [0.25, 0.3) is 0 Å². The van der Waals surface area contributed by atoms with Crippen LogP contribution in [0.3, 0.4) is 0 Å². The standard InChI is InChI=1S/C10H13BBrCl2NO2/c12-9-7-8(11(16)17)1-2-10(9)15(5-3-13)6-4-14/h1-2,7,16-17H,3-6H2. The maximum absolute atomic E-state index is 9.06.